The molecule has 0 atom stereocenters. The molecule has 1 saturated carbocycles. The average molecular weight is 356 g/mol. The SMILES string of the molecule is O=C(CN1CCN(C(=O)C2CC2)CC1)Nc1ccc(N2CCCC2)cc1. The molecule has 0 bridgehead atoms. The summed E-state index contributed by atoms with van der Waals surface area (Å²) >= 11 is 0. The van der Waals surface area contributed by atoms with Crippen molar-refractivity contribution in [3.63, 3.8) is 0 Å². The topological polar surface area (TPSA) is 55.9 Å². The molecule has 0 spiro atoms. The Labute approximate surface area is 155 Å². The van der Waals surface area contributed by atoms with Crippen LogP contribution in [-0.4, -0.2) is 67.4 Å². The van der Waals surface area contributed by atoms with E-state index in [-0.39, 0.29) is 11.8 Å². The van der Waals surface area contributed by atoms with Crippen LogP contribution in [-0.2, 0) is 9.59 Å². The molecule has 3 fully saturated rings. The first-order valence-corrected chi connectivity index (χ1v) is 9.85. The third kappa shape index (κ3) is 4.18. The van der Waals surface area contributed by atoms with Gasteiger partial charge in [0, 0.05) is 56.6 Å². The summed E-state index contributed by atoms with van der Waals surface area (Å²) in [6.07, 6.45) is 4.63. The summed E-state index contributed by atoms with van der Waals surface area (Å²) in [5.74, 6) is 0.612. The van der Waals surface area contributed by atoms with Crippen molar-refractivity contribution in [1.82, 2.24) is 9.80 Å². The Morgan fingerprint density at radius 3 is 2.19 bits per heavy atom. The Kier molecular flexibility index (Phi) is 5.11. The molecule has 1 aliphatic carbocycles. The summed E-state index contributed by atoms with van der Waals surface area (Å²) in [6.45, 7) is 5.68. The van der Waals surface area contributed by atoms with E-state index >= 15 is 0 Å². The molecule has 0 radical (unpaired) electrons. The Bertz CT molecular complexity index is 642. The van der Waals surface area contributed by atoms with Crippen molar-refractivity contribution in [3.8, 4) is 0 Å². The minimum atomic E-state index is 0.0147. The van der Waals surface area contributed by atoms with Gasteiger partial charge < -0.3 is 15.1 Å². The quantitative estimate of drug-likeness (QED) is 0.874. The molecule has 1 aromatic rings. The summed E-state index contributed by atoms with van der Waals surface area (Å²) in [5.41, 5.74) is 2.08. The molecule has 1 N–H and O–H groups in total. The van der Waals surface area contributed by atoms with Gasteiger partial charge in [-0.25, -0.2) is 0 Å². The van der Waals surface area contributed by atoms with Gasteiger partial charge in [-0.2, -0.15) is 0 Å². The summed E-state index contributed by atoms with van der Waals surface area (Å²) in [5, 5.41) is 2.99. The fourth-order valence-electron chi connectivity index (χ4n) is 3.85. The standard InChI is InChI=1S/C20H28N4O2/c25-19(15-22-11-13-24(14-12-22)20(26)16-3-4-16)21-17-5-7-18(8-6-17)23-9-1-2-10-23/h5-8,16H,1-4,9-15H2,(H,21,25). The molecule has 6 heteroatoms. The number of hydrogen-bond acceptors (Lipinski definition) is 4. The van der Waals surface area contributed by atoms with Gasteiger partial charge in [-0.3, -0.25) is 14.5 Å². The van der Waals surface area contributed by atoms with E-state index in [1.165, 1.54) is 18.5 Å². The van der Waals surface area contributed by atoms with Gasteiger partial charge in [0.1, 0.15) is 0 Å². The lowest BCUT2D eigenvalue weighted by atomic mass is 10.2. The highest BCUT2D eigenvalue weighted by atomic mass is 16.2. The fourth-order valence-corrected chi connectivity index (χ4v) is 3.85. The predicted octanol–water partition coefficient (Wildman–Crippen LogP) is 1.78. The predicted molar refractivity (Wildman–Crippen MR) is 102 cm³/mol. The van der Waals surface area contributed by atoms with Crippen molar-refractivity contribution >= 4 is 23.2 Å². The number of nitrogens with zero attached hydrogens (tertiary/aromatic N) is 3. The van der Waals surface area contributed by atoms with E-state index < -0.39 is 0 Å². The second-order valence-corrected chi connectivity index (χ2v) is 7.66. The number of nitrogens with one attached hydrogen (secondary N) is 1. The van der Waals surface area contributed by atoms with Crippen molar-refractivity contribution < 1.29 is 9.59 Å². The number of carbonyl (C=O) groups is 2. The van der Waals surface area contributed by atoms with Gasteiger partial charge in [-0.15, -0.1) is 0 Å². The van der Waals surface area contributed by atoms with Crippen LogP contribution in [0.2, 0.25) is 0 Å². The molecule has 140 valence electrons. The van der Waals surface area contributed by atoms with Gasteiger partial charge in [-0.05, 0) is 49.9 Å². The first-order valence-electron chi connectivity index (χ1n) is 9.85. The number of piperazine rings is 1. The zero-order valence-electron chi connectivity index (χ0n) is 15.3. The molecule has 0 aromatic heterocycles. The molecule has 2 aliphatic heterocycles. The number of anilines is 2. The van der Waals surface area contributed by atoms with E-state index in [1.54, 1.807) is 0 Å². The van der Waals surface area contributed by atoms with Crippen LogP contribution in [0.1, 0.15) is 25.7 Å². The number of amides is 2. The molecule has 4 rings (SSSR count). The van der Waals surface area contributed by atoms with Crippen LogP contribution in [0.3, 0.4) is 0 Å². The third-order valence-electron chi connectivity index (χ3n) is 5.60. The fraction of sp³-hybridized carbons (Fsp3) is 0.600. The first kappa shape index (κ1) is 17.3. The molecular weight excluding hydrogens is 328 g/mol. The van der Waals surface area contributed by atoms with Crippen molar-refractivity contribution in [2.45, 2.75) is 25.7 Å². The summed E-state index contributed by atoms with van der Waals surface area (Å²) in [4.78, 5) is 30.9. The summed E-state index contributed by atoms with van der Waals surface area (Å²) in [6, 6.07) is 8.14. The van der Waals surface area contributed by atoms with Crippen LogP contribution in [0, 0.1) is 5.92 Å². The van der Waals surface area contributed by atoms with Gasteiger partial charge in [-0.1, -0.05) is 0 Å². The van der Waals surface area contributed by atoms with E-state index in [0.717, 1.165) is 57.8 Å². The van der Waals surface area contributed by atoms with Crippen LogP contribution < -0.4 is 10.2 Å². The molecule has 3 aliphatic rings. The van der Waals surface area contributed by atoms with E-state index in [1.807, 2.05) is 17.0 Å². The molecule has 0 unspecified atom stereocenters. The molecular formula is C20H28N4O2. The minimum absolute atomic E-state index is 0.0147. The maximum Gasteiger partial charge on any atom is 0.238 e. The van der Waals surface area contributed by atoms with Crippen LogP contribution in [0.5, 0.6) is 0 Å². The van der Waals surface area contributed by atoms with Crippen molar-refractivity contribution in [1.29, 1.82) is 0 Å². The highest BCUT2D eigenvalue weighted by Crippen LogP contribution is 2.31. The normalized spacial score (nSPS) is 21.1. The van der Waals surface area contributed by atoms with E-state index in [4.69, 9.17) is 0 Å². The lowest BCUT2D eigenvalue weighted by Crippen LogP contribution is -2.50. The smallest absolute Gasteiger partial charge is 0.238 e. The van der Waals surface area contributed by atoms with Crippen LogP contribution in [0.4, 0.5) is 11.4 Å². The van der Waals surface area contributed by atoms with Crippen molar-refractivity contribution in [2.24, 2.45) is 5.92 Å². The first-order chi connectivity index (χ1) is 12.7. The van der Waals surface area contributed by atoms with Crippen LogP contribution in [0.25, 0.3) is 0 Å². The van der Waals surface area contributed by atoms with Gasteiger partial charge in [0.25, 0.3) is 0 Å². The zero-order valence-corrected chi connectivity index (χ0v) is 15.3. The highest BCUT2D eigenvalue weighted by Gasteiger charge is 2.34. The Morgan fingerprint density at radius 1 is 0.923 bits per heavy atom. The number of benzene rings is 1. The monoisotopic (exact) mass is 356 g/mol. The van der Waals surface area contributed by atoms with Crippen LogP contribution in [0.15, 0.2) is 24.3 Å². The maximum atomic E-state index is 12.3. The summed E-state index contributed by atoms with van der Waals surface area (Å²) in [7, 11) is 0. The molecule has 1 aromatic carbocycles. The number of rotatable bonds is 5. The van der Waals surface area contributed by atoms with E-state index in [0.29, 0.717) is 12.5 Å². The molecule has 6 nitrogen and oxygen atoms in total. The lowest BCUT2D eigenvalue weighted by molar-refractivity contribution is -0.134. The van der Waals surface area contributed by atoms with Gasteiger partial charge >= 0.3 is 0 Å². The van der Waals surface area contributed by atoms with Gasteiger partial charge in [0.15, 0.2) is 0 Å². The van der Waals surface area contributed by atoms with Crippen molar-refractivity contribution in [3.05, 3.63) is 24.3 Å². The van der Waals surface area contributed by atoms with Crippen LogP contribution >= 0.6 is 0 Å². The second kappa shape index (κ2) is 7.66. The minimum Gasteiger partial charge on any atom is -0.372 e. The summed E-state index contributed by atoms with van der Waals surface area (Å²) < 4.78 is 0. The average Bonchev–Trinajstić information content (AvgIpc) is 3.37. The van der Waals surface area contributed by atoms with Gasteiger partial charge in [0.05, 0.1) is 6.54 Å². The lowest BCUT2D eigenvalue weighted by Gasteiger charge is -2.34. The Morgan fingerprint density at radius 2 is 1.58 bits per heavy atom. The highest BCUT2D eigenvalue weighted by molar-refractivity contribution is 5.92. The maximum absolute atomic E-state index is 12.3. The van der Waals surface area contributed by atoms with E-state index in [2.05, 4.69) is 27.2 Å². The largest absolute Gasteiger partial charge is 0.372 e. The van der Waals surface area contributed by atoms with Gasteiger partial charge in [0.2, 0.25) is 11.8 Å². The Balaban J connectivity index is 1.22. The molecule has 2 heterocycles. The third-order valence-corrected chi connectivity index (χ3v) is 5.60. The number of hydrogen-bond donors (Lipinski definition) is 1. The molecule has 2 saturated heterocycles. The molecule has 26 heavy (non-hydrogen) atoms. The van der Waals surface area contributed by atoms with E-state index in [9.17, 15) is 9.59 Å². The van der Waals surface area contributed by atoms with Crippen molar-refractivity contribution in [2.75, 3.05) is 56.0 Å². The Hall–Kier alpha value is -2.08. The second-order valence-electron chi connectivity index (χ2n) is 7.66. The zero-order chi connectivity index (χ0) is 17.9. The molecule has 2 amide bonds. The number of carbonyl (C=O) groups excluding carboxylic acids is 2.